The largest absolute Gasteiger partial charge is 0.198 e. The Labute approximate surface area is 85.1 Å². The lowest BCUT2D eigenvalue weighted by Crippen LogP contribution is -1.89. The van der Waals surface area contributed by atoms with Crippen LogP contribution in [0.5, 0.6) is 0 Å². The smallest absolute Gasteiger partial charge is 0.0670 e. The van der Waals surface area contributed by atoms with Gasteiger partial charge in [0, 0.05) is 9.50 Å². The van der Waals surface area contributed by atoms with Crippen molar-refractivity contribution < 1.29 is 0 Å². The molecule has 0 aliphatic carbocycles. The zero-order valence-electron chi connectivity index (χ0n) is 6.56. The van der Waals surface area contributed by atoms with Gasteiger partial charge in [-0.1, -0.05) is 27.5 Å². The lowest BCUT2D eigenvalue weighted by Gasteiger charge is -2.05. The topological polar surface area (TPSA) is 23.8 Å². The van der Waals surface area contributed by atoms with E-state index in [4.69, 9.17) is 16.9 Å². The molecule has 0 atom stereocenters. The highest BCUT2D eigenvalue weighted by molar-refractivity contribution is 9.10. The Balaban J connectivity index is 3.25. The quantitative estimate of drug-likeness (QED) is 0.742. The second-order valence-electron chi connectivity index (χ2n) is 2.47. The van der Waals surface area contributed by atoms with Crippen LogP contribution in [0, 0.1) is 18.3 Å². The van der Waals surface area contributed by atoms with E-state index in [2.05, 4.69) is 22.0 Å². The highest BCUT2D eigenvalue weighted by Gasteiger charge is 2.05. The van der Waals surface area contributed by atoms with Crippen molar-refractivity contribution in [2.24, 2.45) is 0 Å². The van der Waals surface area contributed by atoms with Crippen molar-refractivity contribution in [3.8, 4) is 6.07 Å². The Morgan fingerprint density at radius 2 is 2.25 bits per heavy atom. The SMILES string of the molecule is Cc1c(Br)ccc(Cl)c1CC#N. The van der Waals surface area contributed by atoms with Crippen LogP contribution in [0.4, 0.5) is 0 Å². The van der Waals surface area contributed by atoms with Crippen LogP contribution in [0.1, 0.15) is 11.1 Å². The van der Waals surface area contributed by atoms with Crippen LogP contribution in [0.3, 0.4) is 0 Å². The third-order valence-corrected chi connectivity index (χ3v) is 2.94. The molecule has 0 aliphatic rings. The Kier molecular flexibility index (Phi) is 3.13. The highest BCUT2D eigenvalue weighted by Crippen LogP contribution is 2.26. The van der Waals surface area contributed by atoms with Gasteiger partial charge in [-0.25, -0.2) is 0 Å². The molecule has 62 valence electrons. The summed E-state index contributed by atoms with van der Waals surface area (Å²) >= 11 is 9.29. The van der Waals surface area contributed by atoms with Crippen LogP contribution < -0.4 is 0 Å². The van der Waals surface area contributed by atoms with Crippen molar-refractivity contribution in [3.05, 3.63) is 32.8 Å². The molecule has 3 heteroatoms. The van der Waals surface area contributed by atoms with Crippen LogP contribution in [-0.2, 0) is 6.42 Å². The van der Waals surface area contributed by atoms with Gasteiger partial charge in [0.2, 0.25) is 0 Å². The lowest BCUT2D eigenvalue weighted by atomic mass is 10.1. The molecule has 0 heterocycles. The first-order chi connectivity index (χ1) is 5.66. The normalized spacial score (nSPS) is 9.50. The summed E-state index contributed by atoms with van der Waals surface area (Å²) in [7, 11) is 0. The Morgan fingerprint density at radius 3 is 2.83 bits per heavy atom. The van der Waals surface area contributed by atoms with E-state index in [1.165, 1.54) is 0 Å². The number of rotatable bonds is 1. The number of benzene rings is 1. The highest BCUT2D eigenvalue weighted by atomic mass is 79.9. The van der Waals surface area contributed by atoms with E-state index in [-0.39, 0.29) is 0 Å². The molecule has 1 nitrogen and oxygen atoms in total. The zero-order valence-corrected chi connectivity index (χ0v) is 8.91. The molecule has 0 aromatic heterocycles. The van der Waals surface area contributed by atoms with Crippen LogP contribution in [-0.4, -0.2) is 0 Å². The Bertz CT molecular complexity index is 341. The van der Waals surface area contributed by atoms with Gasteiger partial charge in [-0.05, 0) is 30.2 Å². The molecule has 1 rings (SSSR count). The summed E-state index contributed by atoms with van der Waals surface area (Å²) in [6.07, 6.45) is 0.365. The molecule has 0 unspecified atom stereocenters. The molecule has 0 amide bonds. The van der Waals surface area contributed by atoms with Gasteiger partial charge < -0.3 is 0 Å². The van der Waals surface area contributed by atoms with E-state index in [1.54, 1.807) is 6.07 Å². The predicted molar refractivity (Wildman–Crippen MR) is 53.2 cm³/mol. The molecule has 0 fully saturated rings. The van der Waals surface area contributed by atoms with Gasteiger partial charge in [0.05, 0.1) is 12.5 Å². The molecule has 0 spiro atoms. The van der Waals surface area contributed by atoms with Gasteiger partial charge >= 0.3 is 0 Å². The van der Waals surface area contributed by atoms with Gasteiger partial charge in [-0.2, -0.15) is 5.26 Å². The first-order valence-corrected chi connectivity index (χ1v) is 4.64. The third kappa shape index (κ3) is 1.80. The van der Waals surface area contributed by atoms with E-state index in [9.17, 15) is 0 Å². The Morgan fingerprint density at radius 1 is 1.58 bits per heavy atom. The van der Waals surface area contributed by atoms with Crippen molar-refractivity contribution in [2.45, 2.75) is 13.3 Å². The zero-order chi connectivity index (χ0) is 9.14. The van der Waals surface area contributed by atoms with Crippen molar-refractivity contribution in [1.82, 2.24) is 0 Å². The maximum absolute atomic E-state index is 8.54. The first kappa shape index (κ1) is 9.57. The van der Waals surface area contributed by atoms with E-state index in [0.717, 1.165) is 15.6 Å². The summed E-state index contributed by atoms with van der Waals surface area (Å²) in [5, 5.41) is 9.20. The van der Waals surface area contributed by atoms with Gasteiger partial charge in [0.15, 0.2) is 0 Å². The summed E-state index contributed by atoms with van der Waals surface area (Å²) in [6.45, 7) is 1.95. The molecule has 0 aliphatic heterocycles. The molecule has 0 saturated carbocycles. The number of hydrogen-bond acceptors (Lipinski definition) is 1. The monoisotopic (exact) mass is 243 g/mol. The molecule has 1 aromatic rings. The van der Waals surface area contributed by atoms with E-state index < -0.39 is 0 Å². The number of nitrogens with zero attached hydrogens (tertiary/aromatic N) is 1. The minimum atomic E-state index is 0.365. The van der Waals surface area contributed by atoms with E-state index >= 15 is 0 Å². The second kappa shape index (κ2) is 3.93. The average Bonchev–Trinajstić information content (AvgIpc) is 2.06. The van der Waals surface area contributed by atoms with Crippen molar-refractivity contribution in [3.63, 3.8) is 0 Å². The summed E-state index contributed by atoms with van der Waals surface area (Å²) < 4.78 is 0.997. The van der Waals surface area contributed by atoms with Crippen LogP contribution in [0.2, 0.25) is 5.02 Å². The van der Waals surface area contributed by atoms with Crippen molar-refractivity contribution in [1.29, 1.82) is 5.26 Å². The summed E-state index contributed by atoms with van der Waals surface area (Å²) in [5.41, 5.74) is 1.96. The lowest BCUT2D eigenvalue weighted by molar-refractivity contribution is 1.20. The van der Waals surface area contributed by atoms with Gasteiger partial charge in [-0.15, -0.1) is 0 Å². The fourth-order valence-corrected chi connectivity index (χ4v) is 1.63. The second-order valence-corrected chi connectivity index (χ2v) is 3.73. The predicted octanol–water partition coefficient (Wildman–Crippen LogP) is 3.48. The standard InChI is InChI=1S/C9H7BrClN/c1-6-7(4-5-12)9(11)3-2-8(6)10/h2-3H,4H2,1H3. The molecule has 0 saturated heterocycles. The molecule has 0 N–H and O–H groups in total. The van der Waals surface area contributed by atoms with Crippen LogP contribution in [0.25, 0.3) is 0 Å². The maximum Gasteiger partial charge on any atom is 0.0670 e. The number of halogens is 2. The minimum Gasteiger partial charge on any atom is -0.198 e. The van der Waals surface area contributed by atoms with E-state index in [1.807, 2.05) is 13.0 Å². The average molecular weight is 245 g/mol. The molecule has 0 radical (unpaired) electrons. The minimum absolute atomic E-state index is 0.365. The number of hydrogen-bond donors (Lipinski definition) is 0. The van der Waals surface area contributed by atoms with Gasteiger partial charge in [0.1, 0.15) is 0 Å². The van der Waals surface area contributed by atoms with Crippen LogP contribution >= 0.6 is 27.5 Å². The molecule has 0 bridgehead atoms. The fraction of sp³-hybridized carbons (Fsp3) is 0.222. The van der Waals surface area contributed by atoms with Crippen molar-refractivity contribution >= 4 is 27.5 Å². The molecule has 12 heavy (non-hydrogen) atoms. The maximum atomic E-state index is 8.54. The molecule has 1 aromatic carbocycles. The number of nitriles is 1. The fourth-order valence-electron chi connectivity index (χ4n) is 0.991. The summed E-state index contributed by atoms with van der Waals surface area (Å²) in [4.78, 5) is 0. The van der Waals surface area contributed by atoms with Gasteiger partial charge in [0.25, 0.3) is 0 Å². The summed E-state index contributed by atoms with van der Waals surface area (Å²) in [5.74, 6) is 0. The van der Waals surface area contributed by atoms with E-state index in [0.29, 0.717) is 11.4 Å². The Hall–Kier alpha value is -0.520. The van der Waals surface area contributed by atoms with Crippen molar-refractivity contribution in [2.75, 3.05) is 0 Å². The molecular formula is C9H7BrClN. The molecular weight excluding hydrogens is 237 g/mol. The third-order valence-electron chi connectivity index (χ3n) is 1.73. The summed E-state index contributed by atoms with van der Waals surface area (Å²) in [6, 6.07) is 5.77. The van der Waals surface area contributed by atoms with Gasteiger partial charge in [-0.3, -0.25) is 0 Å². The first-order valence-electron chi connectivity index (χ1n) is 3.47. The van der Waals surface area contributed by atoms with Crippen LogP contribution in [0.15, 0.2) is 16.6 Å².